The summed E-state index contributed by atoms with van der Waals surface area (Å²) in [6.07, 6.45) is -1.32. The maximum Gasteiger partial charge on any atom is 0.435 e. The van der Waals surface area contributed by atoms with E-state index in [9.17, 15) is 27.6 Å². The lowest BCUT2D eigenvalue weighted by molar-refractivity contribution is -0.141. The average Bonchev–Trinajstić information content (AvgIpc) is 3.40. The summed E-state index contributed by atoms with van der Waals surface area (Å²) in [5, 5.41) is 6.06. The summed E-state index contributed by atoms with van der Waals surface area (Å²) in [7, 11) is 1.60. The molecule has 0 atom stereocenters. The first-order chi connectivity index (χ1) is 18.1. The second-order valence-electron chi connectivity index (χ2n) is 9.46. The lowest BCUT2D eigenvalue weighted by Gasteiger charge is -2.30. The third kappa shape index (κ3) is 6.30. The highest BCUT2D eigenvalue weighted by atomic mass is 19.4. The fourth-order valence-electron chi connectivity index (χ4n) is 4.76. The normalized spacial score (nSPS) is 17.6. The van der Waals surface area contributed by atoms with Crippen LogP contribution in [0.25, 0.3) is 5.69 Å². The van der Waals surface area contributed by atoms with Crippen molar-refractivity contribution in [2.45, 2.75) is 31.9 Å². The first kappa shape index (κ1) is 27.1. The highest BCUT2D eigenvalue weighted by molar-refractivity contribution is 5.98. The number of aromatic nitrogens is 2. The van der Waals surface area contributed by atoms with Crippen molar-refractivity contribution in [2.75, 3.05) is 20.1 Å². The van der Waals surface area contributed by atoms with Crippen molar-refractivity contribution in [2.24, 2.45) is 11.8 Å². The Labute approximate surface area is 218 Å². The number of nitrogens with one attached hydrogen (secondary N) is 1. The first-order valence-electron chi connectivity index (χ1n) is 12.5. The van der Waals surface area contributed by atoms with Crippen molar-refractivity contribution in [1.82, 2.24) is 20.0 Å². The molecule has 1 aliphatic rings. The Morgan fingerprint density at radius 2 is 1.53 bits per heavy atom. The van der Waals surface area contributed by atoms with E-state index in [0.29, 0.717) is 36.9 Å². The molecule has 2 aromatic carbocycles. The summed E-state index contributed by atoms with van der Waals surface area (Å²) in [5.74, 6) is -1.25. The van der Waals surface area contributed by atoms with Crippen molar-refractivity contribution >= 4 is 17.6 Å². The van der Waals surface area contributed by atoms with Crippen molar-refractivity contribution in [3.8, 4) is 5.69 Å². The van der Waals surface area contributed by atoms with Crippen LogP contribution < -0.4 is 5.32 Å². The Balaban J connectivity index is 1.29. The Morgan fingerprint density at radius 1 is 0.947 bits per heavy atom. The predicted octanol–water partition coefficient (Wildman–Crippen LogP) is 4.77. The van der Waals surface area contributed by atoms with E-state index >= 15 is 0 Å². The highest BCUT2D eigenvalue weighted by Gasteiger charge is 2.39. The van der Waals surface area contributed by atoms with Gasteiger partial charge in [-0.25, -0.2) is 4.68 Å². The molecule has 1 aliphatic carbocycles. The zero-order valence-corrected chi connectivity index (χ0v) is 20.9. The van der Waals surface area contributed by atoms with Crippen molar-refractivity contribution in [3.63, 3.8) is 0 Å². The van der Waals surface area contributed by atoms with Gasteiger partial charge < -0.3 is 10.2 Å². The van der Waals surface area contributed by atoms with Crippen LogP contribution in [0.5, 0.6) is 0 Å². The van der Waals surface area contributed by atoms with Crippen LogP contribution in [0.15, 0.2) is 66.9 Å². The van der Waals surface area contributed by atoms with Gasteiger partial charge >= 0.3 is 6.18 Å². The SMILES string of the molecule is CN(CCNC(=O)c1cn(-c2ccccc2)nc1C(F)(F)F)C(=O)[C@H]1CC[C@H](C(=O)c2ccccc2)CC1. The van der Waals surface area contributed by atoms with Gasteiger partial charge in [0.05, 0.1) is 11.3 Å². The van der Waals surface area contributed by atoms with Crippen LogP contribution in [0.4, 0.5) is 13.2 Å². The molecule has 1 saturated carbocycles. The van der Waals surface area contributed by atoms with Crippen LogP contribution in [0.1, 0.15) is 52.1 Å². The molecule has 0 saturated heterocycles. The number of benzene rings is 2. The van der Waals surface area contributed by atoms with E-state index in [2.05, 4.69) is 10.4 Å². The Hall–Kier alpha value is -3.95. The molecule has 0 aliphatic heterocycles. The van der Waals surface area contributed by atoms with Gasteiger partial charge in [-0.1, -0.05) is 48.5 Å². The van der Waals surface area contributed by atoms with Gasteiger partial charge in [0.15, 0.2) is 11.5 Å². The molecule has 7 nitrogen and oxygen atoms in total. The summed E-state index contributed by atoms with van der Waals surface area (Å²) in [5.41, 5.74) is -0.789. The lowest BCUT2D eigenvalue weighted by atomic mass is 9.78. The van der Waals surface area contributed by atoms with Gasteiger partial charge in [0, 0.05) is 43.7 Å². The quantitative estimate of drug-likeness (QED) is 0.429. The third-order valence-corrected chi connectivity index (χ3v) is 6.86. The molecule has 1 aromatic heterocycles. The number of ketones is 1. The van der Waals surface area contributed by atoms with Gasteiger partial charge in [-0.2, -0.15) is 18.3 Å². The van der Waals surface area contributed by atoms with Gasteiger partial charge in [-0.05, 0) is 37.8 Å². The minimum atomic E-state index is -4.81. The number of amides is 2. The fraction of sp³-hybridized carbons (Fsp3) is 0.357. The molecule has 0 bridgehead atoms. The number of para-hydroxylation sites is 1. The summed E-state index contributed by atoms with van der Waals surface area (Å²) >= 11 is 0. The molecular formula is C28H29F3N4O3. The molecule has 4 rings (SSSR count). The molecule has 1 N–H and O–H groups in total. The van der Waals surface area contributed by atoms with E-state index < -0.39 is 23.3 Å². The van der Waals surface area contributed by atoms with E-state index in [1.807, 2.05) is 18.2 Å². The number of rotatable bonds is 8. The molecule has 0 spiro atoms. The summed E-state index contributed by atoms with van der Waals surface area (Å²) in [4.78, 5) is 39.7. The van der Waals surface area contributed by atoms with E-state index in [0.717, 1.165) is 10.9 Å². The Morgan fingerprint density at radius 3 is 2.13 bits per heavy atom. The predicted molar refractivity (Wildman–Crippen MR) is 135 cm³/mol. The summed E-state index contributed by atoms with van der Waals surface area (Å²) in [6.45, 7) is 0.123. The van der Waals surface area contributed by atoms with Gasteiger partial charge in [-0.15, -0.1) is 0 Å². The summed E-state index contributed by atoms with van der Waals surface area (Å²) < 4.78 is 41.7. The zero-order valence-electron chi connectivity index (χ0n) is 20.9. The van der Waals surface area contributed by atoms with Crippen LogP contribution in [0, 0.1) is 11.8 Å². The fourth-order valence-corrected chi connectivity index (χ4v) is 4.76. The number of hydrogen-bond donors (Lipinski definition) is 1. The van der Waals surface area contributed by atoms with E-state index in [1.54, 1.807) is 49.5 Å². The van der Waals surface area contributed by atoms with Gasteiger partial charge in [0.2, 0.25) is 5.91 Å². The molecule has 1 heterocycles. The van der Waals surface area contributed by atoms with Crippen LogP contribution in [-0.4, -0.2) is 52.4 Å². The largest absolute Gasteiger partial charge is 0.435 e. The molecule has 0 unspecified atom stereocenters. The average molecular weight is 527 g/mol. The van der Waals surface area contributed by atoms with E-state index in [4.69, 9.17) is 0 Å². The number of carbonyl (C=O) groups excluding carboxylic acids is 3. The lowest BCUT2D eigenvalue weighted by Crippen LogP contribution is -2.40. The third-order valence-electron chi connectivity index (χ3n) is 6.86. The standard InChI is InChI=1S/C28H29F3N4O3/c1-34(27(38)21-14-12-20(13-15-21)24(36)19-8-4-2-5-9-19)17-16-32-26(37)23-18-35(22-10-6-3-7-11-22)33-25(23)28(29,30)31/h2-11,18,20-21H,12-17H2,1H3,(H,32,37)/t20-,21-. The topological polar surface area (TPSA) is 84.3 Å². The molecule has 200 valence electrons. The van der Waals surface area contributed by atoms with Crippen LogP contribution in [0.2, 0.25) is 0 Å². The Kier molecular flexibility index (Phi) is 8.29. The van der Waals surface area contributed by atoms with Gasteiger partial charge in [0.25, 0.3) is 5.91 Å². The van der Waals surface area contributed by atoms with E-state index in [1.165, 1.54) is 4.90 Å². The Bertz CT molecular complexity index is 1270. The number of hydrogen-bond acceptors (Lipinski definition) is 4. The van der Waals surface area contributed by atoms with Crippen molar-refractivity contribution in [1.29, 1.82) is 0 Å². The molecule has 1 fully saturated rings. The van der Waals surface area contributed by atoms with Crippen LogP contribution in [0.3, 0.4) is 0 Å². The number of Topliss-reactive ketones (excluding diaryl/α,β-unsaturated/α-hetero) is 1. The second-order valence-corrected chi connectivity index (χ2v) is 9.46. The van der Waals surface area contributed by atoms with Crippen molar-refractivity contribution in [3.05, 3.63) is 83.7 Å². The second kappa shape index (κ2) is 11.6. The van der Waals surface area contributed by atoms with E-state index in [-0.39, 0.29) is 36.6 Å². The molecular weight excluding hydrogens is 497 g/mol. The number of halogens is 3. The van der Waals surface area contributed by atoms with Crippen molar-refractivity contribution < 1.29 is 27.6 Å². The number of carbonyl (C=O) groups is 3. The number of alkyl halides is 3. The molecule has 3 aromatic rings. The molecule has 0 radical (unpaired) electrons. The highest BCUT2D eigenvalue weighted by Crippen LogP contribution is 2.33. The molecule has 38 heavy (non-hydrogen) atoms. The number of nitrogens with zero attached hydrogens (tertiary/aromatic N) is 3. The monoisotopic (exact) mass is 526 g/mol. The smallest absolute Gasteiger partial charge is 0.350 e. The molecule has 10 heteroatoms. The summed E-state index contributed by atoms with van der Waals surface area (Å²) in [6, 6.07) is 17.3. The minimum Gasteiger partial charge on any atom is -0.350 e. The maximum absolute atomic E-state index is 13.5. The minimum absolute atomic E-state index is 0.0171. The van der Waals surface area contributed by atoms with Gasteiger partial charge in [0.1, 0.15) is 0 Å². The van der Waals surface area contributed by atoms with Gasteiger partial charge in [-0.3, -0.25) is 14.4 Å². The first-order valence-corrected chi connectivity index (χ1v) is 12.5. The zero-order chi connectivity index (χ0) is 27.3. The van der Waals surface area contributed by atoms with Crippen LogP contribution in [-0.2, 0) is 11.0 Å². The number of likely N-dealkylation sites (N-methyl/N-ethyl adjacent to an activating group) is 1. The molecule has 2 amide bonds. The van der Waals surface area contributed by atoms with Crippen LogP contribution >= 0.6 is 0 Å². The maximum atomic E-state index is 13.5.